The van der Waals surface area contributed by atoms with Gasteiger partial charge in [0.1, 0.15) is 6.61 Å². The second-order valence-electron chi connectivity index (χ2n) is 5.55. The molecule has 2 N–H and O–H groups in total. The van der Waals surface area contributed by atoms with Crippen LogP contribution >= 0.6 is 0 Å². The van der Waals surface area contributed by atoms with Gasteiger partial charge in [-0.1, -0.05) is 7.43 Å². The Labute approximate surface area is 154 Å². The fraction of sp³-hybridized carbons (Fsp3) is 0.765. The minimum absolute atomic E-state index is 0. The molecule has 26 heavy (non-hydrogen) atoms. The summed E-state index contributed by atoms with van der Waals surface area (Å²) in [5.74, 6) is -0.771. The van der Waals surface area contributed by atoms with Crippen molar-refractivity contribution in [3.63, 3.8) is 0 Å². The SMILES string of the molecule is C.CC(=O)O.CC(=O)OCCN1CCCC1=O.O=C1CCCN1CCO. The van der Waals surface area contributed by atoms with Gasteiger partial charge in [0.15, 0.2) is 0 Å². The quantitative estimate of drug-likeness (QED) is 0.669. The van der Waals surface area contributed by atoms with E-state index in [2.05, 4.69) is 0 Å². The van der Waals surface area contributed by atoms with Gasteiger partial charge < -0.3 is 24.7 Å². The highest BCUT2D eigenvalue weighted by molar-refractivity contribution is 5.78. The molecular formula is C17H32N2O7. The molecule has 2 aliphatic rings. The molecule has 0 spiro atoms. The molecule has 152 valence electrons. The van der Waals surface area contributed by atoms with Crippen molar-refractivity contribution in [2.45, 2.75) is 47.0 Å². The third-order valence-corrected chi connectivity index (χ3v) is 3.38. The molecule has 0 aromatic rings. The highest BCUT2D eigenvalue weighted by Crippen LogP contribution is 2.08. The van der Waals surface area contributed by atoms with Crippen molar-refractivity contribution in [3.05, 3.63) is 0 Å². The lowest BCUT2D eigenvalue weighted by Crippen LogP contribution is -2.28. The lowest BCUT2D eigenvalue weighted by Gasteiger charge is -2.14. The lowest BCUT2D eigenvalue weighted by molar-refractivity contribution is -0.142. The van der Waals surface area contributed by atoms with E-state index in [1.54, 1.807) is 9.80 Å². The van der Waals surface area contributed by atoms with Gasteiger partial charge in [-0.3, -0.25) is 19.2 Å². The zero-order valence-corrected chi connectivity index (χ0v) is 14.9. The molecule has 0 aliphatic carbocycles. The zero-order valence-electron chi connectivity index (χ0n) is 14.9. The fourth-order valence-electron chi connectivity index (χ4n) is 2.30. The summed E-state index contributed by atoms with van der Waals surface area (Å²) < 4.78 is 4.72. The van der Waals surface area contributed by atoms with Crippen LogP contribution in [0.4, 0.5) is 0 Å². The van der Waals surface area contributed by atoms with Crippen molar-refractivity contribution in [1.29, 1.82) is 0 Å². The molecule has 0 aromatic carbocycles. The molecule has 0 aromatic heterocycles. The van der Waals surface area contributed by atoms with Crippen molar-refractivity contribution < 1.29 is 34.1 Å². The maximum absolute atomic E-state index is 11.0. The Kier molecular flexibility index (Phi) is 15.2. The van der Waals surface area contributed by atoms with Gasteiger partial charge in [-0.25, -0.2) is 0 Å². The molecule has 0 radical (unpaired) electrons. The minimum Gasteiger partial charge on any atom is -0.481 e. The number of likely N-dealkylation sites (tertiary alicyclic amines) is 2. The summed E-state index contributed by atoms with van der Waals surface area (Å²) >= 11 is 0. The van der Waals surface area contributed by atoms with Gasteiger partial charge in [0.05, 0.1) is 13.2 Å². The number of hydrogen-bond acceptors (Lipinski definition) is 6. The van der Waals surface area contributed by atoms with Crippen LogP contribution in [0.25, 0.3) is 0 Å². The van der Waals surface area contributed by atoms with Crippen molar-refractivity contribution >= 4 is 23.8 Å². The predicted octanol–water partition coefficient (Wildman–Crippen LogP) is 0.500. The third-order valence-electron chi connectivity index (χ3n) is 3.38. The second-order valence-corrected chi connectivity index (χ2v) is 5.55. The van der Waals surface area contributed by atoms with Gasteiger partial charge in [-0.15, -0.1) is 0 Å². The van der Waals surface area contributed by atoms with Gasteiger partial charge in [0.25, 0.3) is 5.97 Å². The smallest absolute Gasteiger partial charge is 0.302 e. The molecule has 2 heterocycles. The minimum atomic E-state index is -0.833. The predicted molar refractivity (Wildman–Crippen MR) is 95.4 cm³/mol. The number of carbonyl (C=O) groups is 4. The highest BCUT2D eigenvalue weighted by Gasteiger charge is 2.19. The summed E-state index contributed by atoms with van der Waals surface area (Å²) in [6, 6.07) is 0. The number of aliphatic hydroxyl groups is 1. The van der Waals surface area contributed by atoms with Gasteiger partial charge >= 0.3 is 5.97 Å². The van der Waals surface area contributed by atoms with Crippen molar-refractivity contribution in [3.8, 4) is 0 Å². The molecule has 0 unspecified atom stereocenters. The highest BCUT2D eigenvalue weighted by atomic mass is 16.5. The number of amides is 2. The van der Waals surface area contributed by atoms with E-state index in [-0.39, 0.29) is 31.8 Å². The first kappa shape index (κ1) is 26.1. The molecule has 9 nitrogen and oxygen atoms in total. The molecule has 2 fully saturated rings. The van der Waals surface area contributed by atoms with E-state index in [9.17, 15) is 14.4 Å². The number of ether oxygens (including phenoxy) is 1. The summed E-state index contributed by atoms with van der Waals surface area (Å²) in [4.78, 5) is 44.6. The molecule has 2 amide bonds. The second kappa shape index (κ2) is 15.1. The number of aliphatic carboxylic acids is 1. The summed E-state index contributed by atoms with van der Waals surface area (Å²) in [5, 5.41) is 15.9. The van der Waals surface area contributed by atoms with E-state index in [1.807, 2.05) is 0 Å². The molecule has 0 atom stereocenters. The van der Waals surface area contributed by atoms with Gasteiger partial charge in [-0.05, 0) is 12.8 Å². The number of esters is 1. The van der Waals surface area contributed by atoms with Crippen LogP contribution in [0.3, 0.4) is 0 Å². The average molecular weight is 376 g/mol. The van der Waals surface area contributed by atoms with Crippen LogP contribution in [-0.4, -0.2) is 83.2 Å². The summed E-state index contributed by atoms with van der Waals surface area (Å²) in [6.45, 7) is 5.55. The molecular weight excluding hydrogens is 344 g/mol. The van der Waals surface area contributed by atoms with Crippen LogP contribution in [0.15, 0.2) is 0 Å². The van der Waals surface area contributed by atoms with E-state index in [4.69, 9.17) is 19.7 Å². The largest absolute Gasteiger partial charge is 0.481 e. The van der Waals surface area contributed by atoms with Crippen molar-refractivity contribution in [2.75, 3.05) is 39.4 Å². The van der Waals surface area contributed by atoms with Crippen LogP contribution in [0.5, 0.6) is 0 Å². The standard InChI is InChI=1S/C8H13NO3.C6H11NO2.C2H4O2.CH4/c1-7(10)12-6-5-9-4-2-3-8(9)11;8-5-4-7-3-1-2-6(7)9;1-2(3)4;/h2-6H2,1H3;8H,1-5H2;1H3,(H,3,4);1H4. The molecule has 0 bridgehead atoms. The maximum Gasteiger partial charge on any atom is 0.302 e. The number of aliphatic hydroxyl groups excluding tert-OH is 1. The Balaban J connectivity index is 0. The number of carboxylic acids is 1. The van der Waals surface area contributed by atoms with E-state index >= 15 is 0 Å². The van der Waals surface area contributed by atoms with E-state index in [0.717, 1.165) is 32.9 Å². The van der Waals surface area contributed by atoms with Gasteiger partial charge in [0.2, 0.25) is 11.8 Å². The van der Waals surface area contributed by atoms with Gasteiger partial charge in [-0.2, -0.15) is 0 Å². The molecule has 9 heteroatoms. The lowest BCUT2D eigenvalue weighted by atomic mass is 10.4. The number of β-amino-alcohol motifs (C(OH)–C–C–N with tert-alkyl or cyclic N) is 1. The fourth-order valence-corrected chi connectivity index (χ4v) is 2.30. The maximum atomic E-state index is 11.0. The van der Waals surface area contributed by atoms with E-state index in [0.29, 0.717) is 32.5 Å². The van der Waals surface area contributed by atoms with Crippen molar-refractivity contribution in [2.24, 2.45) is 0 Å². The first-order valence-corrected chi connectivity index (χ1v) is 8.27. The zero-order chi connectivity index (χ0) is 19.2. The normalized spacial score (nSPS) is 15.3. The Bertz CT molecular complexity index is 450. The Morgan fingerprint density at radius 3 is 1.73 bits per heavy atom. The van der Waals surface area contributed by atoms with Crippen LogP contribution < -0.4 is 0 Å². The topological polar surface area (TPSA) is 124 Å². The number of nitrogens with zero attached hydrogens (tertiary/aromatic N) is 2. The Morgan fingerprint density at radius 2 is 1.42 bits per heavy atom. The van der Waals surface area contributed by atoms with E-state index in [1.165, 1.54) is 6.92 Å². The molecule has 2 saturated heterocycles. The molecule has 0 saturated carbocycles. The third kappa shape index (κ3) is 13.2. The van der Waals surface area contributed by atoms with Crippen LogP contribution in [0.1, 0.15) is 47.0 Å². The summed E-state index contributed by atoms with van der Waals surface area (Å²) in [7, 11) is 0. The van der Waals surface area contributed by atoms with E-state index < -0.39 is 5.97 Å². The first-order chi connectivity index (χ1) is 11.8. The Morgan fingerprint density at radius 1 is 1.00 bits per heavy atom. The monoisotopic (exact) mass is 376 g/mol. The van der Waals surface area contributed by atoms with Crippen LogP contribution in [-0.2, 0) is 23.9 Å². The van der Waals surface area contributed by atoms with Crippen molar-refractivity contribution in [1.82, 2.24) is 9.80 Å². The number of carboxylic acid groups (broad SMARTS) is 1. The Hall–Kier alpha value is -2.16. The average Bonchev–Trinajstić information content (AvgIpc) is 3.09. The van der Waals surface area contributed by atoms with Crippen LogP contribution in [0.2, 0.25) is 0 Å². The molecule has 2 rings (SSSR count). The number of carbonyl (C=O) groups excluding carboxylic acids is 3. The summed E-state index contributed by atoms with van der Waals surface area (Å²) in [5.41, 5.74) is 0. The van der Waals surface area contributed by atoms with Crippen LogP contribution in [0, 0.1) is 0 Å². The first-order valence-electron chi connectivity index (χ1n) is 8.27. The molecule has 2 aliphatic heterocycles. The number of hydrogen-bond donors (Lipinski definition) is 2. The summed E-state index contributed by atoms with van der Waals surface area (Å²) in [6.07, 6.45) is 3.19. The number of rotatable bonds is 5. The van der Waals surface area contributed by atoms with Gasteiger partial charge in [0, 0.05) is 46.3 Å².